The summed E-state index contributed by atoms with van der Waals surface area (Å²) in [6.45, 7) is 0. The predicted octanol–water partition coefficient (Wildman–Crippen LogP) is 0.621. The highest BCUT2D eigenvalue weighted by Crippen LogP contribution is 2.11. The molecule has 0 saturated carbocycles. The van der Waals surface area contributed by atoms with E-state index in [2.05, 4.69) is 4.98 Å². The van der Waals surface area contributed by atoms with Crippen LogP contribution in [0.3, 0.4) is 0 Å². The standard InChI is InChI=1S/C5H4N2O4/c8-5(9)4-1-3(2-6-4)7(10)11/h1-2,6H,(H,8,9). The van der Waals surface area contributed by atoms with Gasteiger partial charge in [0.15, 0.2) is 0 Å². The number of nitro groups is 1. The lowest BCUT2D eigenvalue weighted by Crippen LogP contribution is -1.94. The second-order valence-corrected chi connectivity index (χ2v) is 1.83. The van der Waals surface area contributed by atoms with Crippen molar-refractivity contribution in [1.29, 1.82) is 0 Å². The molecule has 0 bridgehead atoms. The topological polar surface area (TPSA) is 96.2 Å². The first-order valence-electron chi connectivity index (χ1n) is 2.67. The van der Waals surface area contributed by atoms with Crippen molar-refractivity contribution >= 4 is 11.7 Å². The number of hydrogen-bond donors (Lipinski definition) is 2. The Balaban J connectivity index is 2.99. The molecule has 1 heterocycles. The summed E-state index contributed by atoms with van der Waals surface area (Å²) in [5, 5.41) is 18.4. The van der Waals surface area contributed by atoms with Gasteiger partial charge in [0.2, 0.25) is 0 Å². The smallest absolute Gasteiger partial charge is 0.352 e. The number of carbonyl (C=O) groups is 1. The number of aromatic nitrogens is 1. The Hall–Kier alpha value is -1.85. The fraction of sp³-hybridized carbons (Fsp3) is 0. The number of H-pyrrole nitrogens is 1. The van der Waals surface area contributed by atoms with Crippen LogP contribution in [0.5, 0.6) is 0 Å². The van der Waals surface area contributed by atoms with E-state index in [1.54, 1.807) is 0 Å². The third-order valence-corrected chi connectivity index (χ3v) is 1.11. The average molecular weight is 156 g/mol. The minimum Gasteiger partial charge on any atom is -0.477 e. The fourth-order valence-electron chi connectivity index (χ4n) is 0.612. The maximum absolute atomic E-state index is 10.2. The molecule has 0 atom stereocenters. The molecule has 0 amide bonds. The van der Waals surface area contributed by atoms with Gasteiger partial charge in [-0.2, -0.15) is 0 Å². The predicted molar refractivity (Wildman–Crippen MR) is 34.4 cm³/mol. The molecule has 0 aliphatic carbocycles. The van der Waals surface area contributed by atoms with Gasteiger partial charge in [-0.15, -0.1) is 0 Å². The van der Waals surface area contributed by atoms with Gasteiger partial charge in [0, 0.05) is 6.07 Å². The Morgan fingerprint density at radius 3 is 2.64 bits per heavy atom. The molecule has 6 heteroatoms. The normalized spacial score (nSPS) is 9.45. The van der Waals surface area contributed by atoms with E-state index in [9.17, 15) is 14.9 Å². The summed E-state index contributed by atoms with van der Waals surface area (Å²) in [5.41, 5.74) is -0.431. The number of carboxylic acid groups (broad SMARTS) is 1. The molecular formula is C5H4N2O4. The summed E-state index contributed by atoms with van der Waals surface area (Å²) in [7, 11) is 0. The van der Waals surface area contributed by atoms with Crippen molar-refractivity contribution in [3.63, 3.8) is 0 Å². The van der Waals surface area contributed by atoms with Crippen LogP contribution in [0.1, 0.15) is 10.5 Å². The highest BCUT2D eigenvalue weighted by Gasteiger charge is 2.12. The third kappa shape index (κ3) is 1.34. The zero-order chi connectivity index (χ0) is 8.43. The highest BCUT2D eigenvalue weighted by molar-refractivity contribution is 5.86. The number of nitrogens with one attached hydrogen (secondary N) is 1. The number of carboxylic acids is 1. The molecule has 0 aliphatic heterocycles. The van der Waals surface area contributed by atoms with Crippen LogP contribution in [-0.2, 0) is 0 Å². The number of nitrogens with zero attached hydrogens (tertiary/aromatic N) is 1. The van der Waals surface area contributed by atoms with Crippen LogP contribution in [0, 0.1) is 10.1 Å². The first kappa shape index (κ1) is 7.26. The Morgan fingerprint density at radius 2 is 2.36 bits per heavy atom. The van der Waals surface area contributed by atoms with Crippen LogP contribution in [-0.4, -0.2) is 21.0 Å². The van der Waals surface area contributed by atoms with Crippen molar-refractivity contribution in [1.82, 2.24) is 4.98 Å². The van der Waals surface area contributed by atoms with Gasteiger partial charge >= 0.3 is 5.97 Å². The molecule has 58 valence electrons. The lowest BCUT2D eigenvalue weighted by Gasteiger charge is -1.81. The Labute approximate surface area is 60.6 Å². The molecule has 1 aromatic rings. The molecule has 0 unspecified atom stereocenters. The van der Waals surface area contributed by atoms with Crippen molar-refractivity contribution in [2.45, 2.75) is 0 Å². The SMILES string of the molecule is O=C(O)c1cc([N+](=O)[O-])c[nH]1. The monoisotopic (exact) mass is 156 g/mol. The molecule has 6 nitrogen and oxygen atoms in total. The highest BCUT2D eigenvalue weighted by atomic mass is 16.6. The van der Waals surface area contributed by atoms with Crippen molar-refractivity contribution in [3.05, 3.63) is 28.1 Å². The minimum atomic E-state index is -1.21. The Kier molecular flexibility index (Phi) is 1.59. The second kappa shape index (κ2) is 2.41. The molecule has 11 heavy (non-hydrogen) atoms. The number of rotatable bonds is 2. The van der Waals surface area contributed by atoms with Crippen molar-refractivity contribution in [3.8, 4) is 0 Å². The largest absolute Gasteiger partial charge is 0.477 e. The van der Waals surface area contributed by atoms with Gasteiger partial charge in [0.1, 0.15) is 5.69 Å². The van der Waals surface area contributed by atoms with Crippen LogP contribution in [0.25, 0.3) is 0 Å². The van der Waals surface area contributed by atoms with E-state index >= 15 is 0 Å². The molecule has 0 fully saturated rings. The maximum atomic E-state index is 10.2. The molecular weight excluding hydrogens is 152 g/mol. The van der Waals surface area contributed by atoms with E-state index < -0.39 is 10.9 Å². The average Bonchev–Trinajstić information content (AvgIpc) is 2.33. The summed E-state index contributed by atoms with van der Waals surface area (Å²) in [6, 6.07) is 0.961. The summed E-state index contributed by atoms with van der Waals surface area (Å²) in [4.78, 5) is 21.8. The molecule has 0 aromatic carbocycles. The van der Waals surface area contributed by atoms with Crippen LogP contribution in [0.15, 0.2) is 12.3 Å². The van der Waals surface area contributed by atoms with E-state index in [0.29, 0.717) is 0 Å². The van der Waals surface area contributed by atoms with Gasteiger partial charge in [0.05, 0.1) is 11.1 Å². The van der Waals surface area contributed by atoms with Crippen molar-refractivity contribution < 1.29 is 14.8 Å². The van der Waals surface area contributed by atoms with E-state index in [1.165, 1.54) is 0 Å². The first-order chi connectivity index (χ1) is 5.11. The van der Waals surface area contributed by atoms with Gasteiger partial charge < -0.3 is 10.1 Å². The Morgan fingerprint density at radius 1 is 1.73 bits per heavy atom. The van der Waals surface area contributed by atoms with E-state index in [1.807, 2.05) is 0 Å². The van der Waals surface area contributed by atoms with Crippen LogP contribution in [0.2, 0.25) is 0 Å². The Bertz CT molecular complexity index is 275. The maximum Gasteiger partial charge on any atom is 0.352 e. The quantitative estimate of drug-likeness (QED) is 0.484. The summed E-state index contributed by atoms with van der Waals surface area (Å²) < 4.78 is 0. The van der Waals surface area contributed by atoms with Crippen LogP contribution in [0.4, 0.5) is 5.69 Å². The summed E-state index contributed by atoms with van der Waals surface area (Å²) >= 11 is 0. The summed E-state index contributed by atoms with van der Waals surface area (Å²) in [5.74, 6) is -1.21. The van der Waals surface area contributed by atoms with Crippen LogP contribution < -0.4 is 0 Å². The zero-order valence-corrected chi connectivity index (χ0v) is 5.27. The molecule has 0 radical (unpaired) electrons. The van der Waals surface area contributed by atoms with Gasteiger partial charge in [-0.1, -0.05) is 0 Å². The summed E-state index contributed by atoms with van der Waals surface area (Å²) in [6.07, 6.45) is 1.03. The number of aromatic carboxylic acids is 1. The fourth-order valence-corrected chi connectivity index (χ4v) is 0.612. The van der Waals surface area contributed by atoms with E-state index in [4.69, 9.17) is 5.11 Å². The molecule has 0 aliphatic rings. The van der Waals surface area contributed by atoms with Gasteiger partial charge in [-0.25, -0.2) is 4.79 Å². The molecule has 1 rings (SSSR count). The van der Waals surface area contributed by atoms with Gasteiger partial charge in [-0.3, -0.25) is 10.1 Å². The first-order valence-corrected chi connectivity index (χ1v) is 2.67. The molecule has 2 N–H and O–H groups in total. The van der Waals surface area contributed by atoms with E-state index in [-0.39, 0.29) is 11.4 Å². The second-order valence-electron chi connectivity index (χ2n) is 1.83. The molecule has 0 spiro atoms. The lowest BCUT2D eigenvalue weighted by atomic mass is 10.4. The zero-order valence-electron chi connectivity index (χ0n) is 5.27. The van der Waals surface area contributed by atoms with Crippen LogP contribution >= 0.6 is 0 Å². The lowest BCUT2D eigenvalue weighted by molar-refractivity contribution is -0.384. The van der Waals surface area contributed by atoms with Crippen molar-refractivity contribution in [2.75, 3.05) is 0 Å². The number of hydrogen-bond acceptors (Lipinski definition) is 3. The molecule has 1 aromatic heterocycles. The van der Waals surface area contributed by atoms with Crippen molar-refractivity contribution in [2.24, 2.45) is 0 Å². The van der Waals surface area contributed by atoms with Gasteiger partial charge in [0.25, 0.3) is 5.69 Å². The minimum absolute atomic E-state index is 0.184. The number of aromatic amines is 1. The third-order valence-electron chi connectivity index (χ3n) is 1.11. The van der Waals surface area contributed by atoms with Gasteiger partial charge in [-0.05, 0) is 0 Å². The van der Waals surface area contributed by atoms with E-state index in [0.717, 1.165) is 12.3 Å². The molecule has 0 saturated heterocycles.